The number of allylic oxidation sites excluding steroid dienone is 1. The molecule has 1 aliphatic heterocycles. The molecule has 84 valence electrons. The molecule has 1 aliphatic rings. The zero-order valence-corrected chi connectivity index (χ0v) is 11.1. The molecule has 0 unspecified atom stereocenters. The molecular weight excluding hydrogens is 262 g/mol. The van der Waals surface area contributed by atoms with Gasteiger partial charge in [-0.2, -0.15) is 0 Å². The van der Waals surface area contributed by atoms with Crippen LogP contribution in [0.3, 0.4) is 0 Å². The highest BCUT2D eigenvalue weighted by molar-refractivity contribution is 9.10. The maximum Gasteiger partial charge on any atom is 0.0175 e. The van der Waals surface area contributed by atoms with E-state index in [1.165, 1.54) is 11.1 Å². The fraction of sp³-hybridized carbons (Fsp3) is 0.286. The molecule has 1 aromatic carbocycles. The topological polar surface area (TPSA) is 3.24 Å². The van der Waals surface area contributed by atoms with Gasteiger partial charge in [0.15, 0.2) is 0 Å². The number of halogens is 1. The van der Waals surface area contributed by atoms with Crippen molar-refractivity contribution in [2.24, 2.45) is 0 Å². The zero-order valence-electron chi connectivity index (χ0n) is 9.49. The Morgan fingerprint density at radius 2 is 1.94 bits per heavy atom. The molecule has 1 aromatic rings. The molecule has 0 fully saturated rings. The van der Waals surface area contributed by atoms with Gasteiger partial charge >= 0.3 is 0 Å². The maximum atomic E-state index is 3.44. The van der Waals surface area contributed by atoms with Crippen molar-refractivity contribution in [1.82, 2.24) is 4.90 Å². The van der Waals surface area contributed by atoms with Crippen LogP contribution in [0.1, 0.15) is 12.0 Å². The molecule has 0 atom stereocenters. The van der Waals surface area contributed by atoms with Gasteiger partial charge in [-0.3, -0.25) is 0 Å². The number of likely N-dealkylation sites (N-methyl/N-ethyl adjacent to an activating group) is 1. The largest absolute Gasteiger partial charge is 0.302 e. The predicted molar refractivity (Wildman–Crippen MR) is 73.4 cm³/mol. The summed E-state index contributed by atoms with van der Waals surface area (Å²) in [5.74, 6) is 0. The van der Waals surface area contributed by atoms with Crippen LogP contribution in [0.4, 0.5) is 0 Å². The average molecular weight is 278 g/mol. The van der Waals surface area contributed by atoms with Crippen LogP contribution in [0.15, 0.2) is 46.5 Å². The molecule has 0 aromatic heterocycles. The van der Waals surface area contributed by atoms with E-state index in [0.29, 0.717) is 0 Å². The lowest BCUT2D eigenvalue weighted by Crippen LogP contribution is -2.23. The molecule has 1 heterocycles. The Labute approximate surface area is 106 Å². The van der Waals surface area contributed by atoms with Crippen LogP contribution in [0, 0.1) is 0 Å². The molecule has 0 saturated heterocycles. The molecule has 0 amide bonds. The van der Waals surface area contributed by atoms with Crippen LogP contribution < -0.4 is 0 Å². The second-order valence-electron chi connectivity index (χ2n) is 4.18. The lowest BCUT2D eigenvalue weighted by Gasteiger charge is -2.20. The first kappa shape index (κ1) is 11.6. The third kappa shape index (κ3) is 3.32. The smallest absolute Gasteiger partial charge is 0.0175 e. The van der Waals surface area contributed by atoms with E-state index in [4.69, 9.17) is 0 Å². The molecule has 0 saturated carbocycles. The van der Waals surface area contributed by atoms with Gasteiger partial charge in [0.1, 0.15) is 0 Å². The molecule has 0 bridgehead atoms. The van der Waals surface area contributed by atoms with Crippen molar-refractivity contribution in [3.8, 4) is 0 Å². The molecule has 16 heavy (non-hydrogen) atoms. The first-order chi connectivity index (χ1) is 7.74. The summed E-state index contributed by atoms with van der Waals surface area (Å²) in [4.78, 5) is 2.33. The van der Waals surface area contributed by atoms with E-state index in [2.05, 4.69) is 70.4 Å². The van der Waals surface area contributed by atoms with Gasteiger partial charge in [-0.1, -0.05) is 46.3 Å². The minimum atomic E-state index is 1.07. The Kier molecular flexibility index (Phi) is 3.97. The van der Waals surface area contributed by atoms with E-state index in [1.807, 2.05) is 0 Å². The third-order valence-corrected chi connectivity index (χ3v) is 3.34. The fourth-order valence-electron chi connectivity index (χ4n) is 1.71. The minimum Gasteiger partial charge on any atom is -0.302 e. The van der Waals surface area contributed by atoms with Gasteiger partial charge in [-0.05, 0) is 36.7 Å². The Morgan fingerprint density at radius 1 is 1.19 bits per heavy atom. The number of rotatable bonds is 2. The Morgan fingerprint density at radius 3 is 2.56 bits per heavy atom. The summed E-state index contributed by atoms with van der Waals surface area (Å²) in [5.41, 5.74) is 2.70. The third-order valence-electron chi connectivity index (χ3n) is 2.81. The summed E-state index contributed by atoms with van der Waals surface area (Å²) in [6, 6.07) is 8.39. The van der Waals surface area contributed by atoms with Crippen molar-refractivity contribution < 1.29 is 0 Å². The molecule has 0 spiro atoms. The van der Waals surface area contributed by atoms with Crippen molar-refractivity contribution in [1.29, 1.82) is 0 Å². The minimum absolute atomic E-state index is 1.07. The second-order valence-corrected chi connectivity index (χ2v) is 5.09. The lowest BCUT2D eigenvalue weighted by atomic mass is 10.1. The summed E-state index contributed by atoms with van der Waals surface area (Å²) in [5, 5.41) is 0. The van der Waals surface area contributed by atoms with Gasteiger partial charge in [-0.15, -0.1) is 0 Å². The molecular formula is C14H16BrN. The van der Waals surface area contributed by atoms with Crippen molar-refractivity contribution in [3.05, 3.63) is 52.0 Å². The van der Waals surface area contributed by atoms with Crippen LogP contribution in [0.2, 0.25) is 0 Å². The average Bonchev–Trinajstić information content (AvgIpc) is 2.30. The van der Waals surface area contributed by atoms with Crippen molar-refractivity contribution in [2.75, 3.05) is 20.1 Å². The van der Waals surface area contributed by atoms with Crippen LogP contribution in [0.25, 0.3) is 6.08 Å². The van der Waals surface area contributed by atoms with Gasteiger partial charge in [0, 0.05) is 17.6 Å². The number of hydrogen-bond acceptors (Lipinski definition) is 1. The van der Waals surface area contributed by atoms with E-state index in [9.17, 15) is 0 Å². The van der Waals surface area contributed by atoms with Crippen LogP contribution >= 0.6 is 15.9 Å². The van der Waals surface area contributed by atoms with E-state index >= 15 is 0 Å². The van der Waals surface area contributed by atoms with Gasteiger partial charge in [0.25, 0.3) is 0 Å². The normalized spacial score (nSPS) is 17.8. The summed E-state index contributed by atoms with van der Waals surface area (Å²) in [6.07, 6.45) is 7.88. The quantitative estimate of drug-likeness (QED) is 0.797. The SMILES string of the molecule is CN1CC=C(/C=C/c2ccc(Br)cc2)CC1. The number of nitrogens with zero attached hydrogens (tertiary/aromatic N) is 1. The summed E-state index contributed by atoms with van der Waals surface area (Å²) >= 11 is 3.44. The Balaban J connectivity index is 2.01. The molecule has 0 N–H and O–H groups in total. The highest BCUT2D eigenvalue weighted by Gasteiger charge is 2.04. The van der Waals surface area contributed by atoms with Gasteiger partial charge < -0.3 is 4.90 Å². The molecule has 0 radical (unpaired) electrons. The Hall–Kier alpha value is -0.860. The van der Waals surface area contributed by atoms with E-state index in [-0.39, 0.29) is 0 Å². The highest BCUT2D eigenvalue weighted by atomic mass is 79.9. The summed E-state index contributed by atoms with van der Waals surface area (Å²) in [7, 11) is 2.16. The highest BCUT2D eigenvalue weighted by Crippen LogP contribution is 2.15. The number of benzene rings is 1. The molecule has 0 aliphatic carbocycles. The maximum absolute atomic E-state index is 3.44. The van der Waals surface area contributed by atoms with Crippen molar-refractivity contribution in [3.63, 3.8) is 0 Å². The first-order valence-electron chi connectivity index (χ1n) is 5.55. The standard InChI is InChI=1S/C14H16BrN/c1-16-10-8-13(9-11-16)3-2-12-4-6-14(15)7-5-12/h2-8H,9-11H2,1H3/b3-2+. The van der Waals surface area contributed by atoms with Crippen molar-refractivity contribution in [2.45, 2.75) is 6.42 Å². The number of hydrogen-bond donors (Lipinski definition) is 0. The molecule has 2 rings (SSSR count). The van der Waals surface area contributed by atoms with Gasteiger partial charge in [-0.25, -0.2) is 0 Å². The predicted octanol–water partition coefficient (Wildman–Crippen LogP) is 3.72. The molecule has 2 heteroatoms. The van der Waals surface area contributed by atoms with Crippen LogP contribution in [-0.2, 0) is 0 Å². The van der Waals surface area contributed by atoms with Crippen LogP contribution in [-0.4, -0.2) is 25.0 Å². The lowest BCUT2D eigenvalue weighted by molar-refractivity contribution is 0.361. The molecule has 1 nitrogen and oxygen atoms in total. The zero-order chi connectivity index (χ0) is 11.4. The van der Waals surface area contributed by atoms with E-state index in [0.717, 1.165) is 24.0 Å². The van der Waals surface area contributed by atoms with Crippen LogP contribution in [0.5, 0.6) is 0 Å². The Bertz CT molecular complexity index is 403. The van der Waals surface area contributed by atoms with E-state index < -0.39 is 0 Å². The summed E-state index contributed by atoms with van der Waals surface area (Å²) in [6.45, 7) is 2.23. The van der Waals surface area contributed by atoms with Crippen molar-refractivity contribution >= 4 is 22.0 Å². The van der Waals surface area contributed by atoms with E-state index in [1.54, 1.807) is 0 Å². The second kappa shape index (κ2) is 5.46. The first-order valence-corrected chi connectivity index (χ1v) is 6.34. The summed E-state index contributed by atoms with van der Waals surface area (Å²) < 4.78 is 1.13. The van der Waals surface area contributed by atoms with Gasteiger partial charge in [0.05, 0.1) is 0 Å². The fourth-order valence-corrected chi connectivity index (χ4v) is 1.98. The monoisotopic (exact) mass is 277 g/mol. The van der Waals surface area contributed by atoms with Gasteiger partial charge in [0.2, 0.25) is 0 Å².